The van der Waals surface area contributed by atoms with Gasteiger partial charge in [0.15, 0.2) is 0 Å². The summed E-state index contributed by atoms with van der Waals surface area (Å²) in [6.45, 7) is -3.95. The van der Waals surface area contributed by atoms with Gasteiger partial charge in [-0.05, 0) is 23.5 Å². The van der Waals surface area contributed by atoms with Gasteiger partial charge in [-0.3, -0.25) is 4.98 Å². The number of aromatic nitrogens is 1. The van der Waals surface area contributed by atoms with Gasteiger partial charge in [0, 0.05) is 11.9 Å². The molecule has 1 aromatic rings. The summed E-state index contributed by atoms with van der Waals surface area (Å²) in [5, 5.41) is 0. The Morgan fingerprint density at radius 3 is 2.75 bits per heavy atom. The van der Waals surface area contributed by atoms with Crippen molar-refractivity contribution >= 4 is 18.2 Å². The first-order chi connectivity index (χ1) is 5.58. The van der Waals surface area contributed by atoms with Gasteiger partial charge < -0.3 is 9.79 Å². The van der Waals surface area contributed by atoms with E-state index in [9.17, 15) is 4.57 Å². The molecule has 0 aliphatic carbocycles. The maximum atomic E-state index is 10.4. The fourth-order valence-electron chi connectivity index (χ4n) is 0.634. The first-order valence-corrected chi connectivity index (χ1v) is 6.38. The molecule has 12 heavy (non-hydrogen) atoms. The van der Waals surface area contributed by atoms with Crippen LogP contribution in [0.5, 0.6) is 0 Å². The summed E-state index contributed by atoms with van der Waals surface area (Å²) in [4.78, 5) is 21.0. The number of nitrogens with zero attached hydrogens (tertiary/aromatic N) is 1. The molecule has 6 heteroatoms. The van der Waals surface area contributed by atoms with Crippen LogP contribution in [0.3, 0.4) is 0 Å². The number of pyridine rings is 1. The van der Waals surface area contributed by atoms with Gasteiger partial charge in [0.25, 0.3) is 0 Å². The Morgan fingerprint density at radius 2 is 2.25 bits per heavy atom. The minimum absolute atomic E-state index is 0.241. The molecule has 0 spiro atoms. The maximum absolute atomic E-state index is 10.4. The van der Waals surface area contributed by atoms with Crippen molar-refractivity contribution in [2.75, 3.05) is 0 Å². The summed E-state index contributed by atoms with van der Waals surface area (Å²) in [5.74, 6) is 0.241. The van der Waals surface area contributed by atoms with Crippen LogP contribution in [0.25, 0.3) is 0 Å². The van der Waals surface area contributed by atoms with Gasteiger partial charge in [-0.15, -0.1) is 0 Å². The molecule has 66 valence electrons. The fourth-order valence-corrected chi connectivity index (χ4v) is 2.01. The quantitative estimate of drug-likeness (QED) is 0.730. The molecule has 0 aromatic carbocycles. The molecule has 0 fully saturated rings. The van der Waals surface area contributed by atoms with Crippen molar-refractivity contribution in [3.63, 3.8) is 0 Å². The zero-order valence-electron chi connectivity index (χ0n) is 6.12. The molecular formula is C6H8NO3PS. The molecule has 1 heterocycles. The summed E-state index contributed by atoms with van der Waals surface area (Å²) in [6, 6.07) is 5.26. The first kappa shape index (κ1) is 9.74. The van der Waals surface area contributed by atoms with E-state index in [1.54, 1.807) is 24.4 Å². The average Bonchev–Trinajstić information content (AvgIpc) is 2.02. The lowest BCUT2D eigenvalue weighted by atomic mass is 10.4. The van der Waals surface area contributed by atoms with E-state index in [-0.39, 0.29) is 5.75 Å². The zero-order chi connectivity index (χ0) is 9.03. The molecule has 4 nitrogen and oxygen atoms in total. The highest BCUT2D eigenvalue weighted by Crippen LogP contribution is 2.51. The Bertz CT molecular complexity index is 286. The fraction of sp³-hybridized carbons (Fsp3) is 0.167. The first-order valence-electron chi connectivity index (χ1n) is 3.18. The molecule has 2 N–H and O–H groups in total. The van der Waals surface area contributed by atoms with E-state index >= 15 is 0 Å². The van der Waals surface area contributed by atoms with Gasteiger partial charge in [-0.2, -0.15) is 0 Å². The van der Waals surface area contributed by atoms with Crippen LogP contribution in [0, 0.1) is 0 Å². The molecule has 1 aromatic heterocycles. The van der Waals surface area contributed by atoms with Crippen LogP contribution in [0.1, 0.15) is 5.69 Å². The predicted octanol–water partition coefficient (Wildman–Crippen LogP) is 1.41. The second-order valence-corrected chi connectivity index (χ2v) is 5.81. The van der Waals surface area contributed by atoms with E-state index in [4.69, 9.17) is 9.79 Å². The van der Waals surface area contributed by atoms with Crippen LogP contribution >= 0.6 is 18.2 Å². The molecule has 0 amide bonds. The van der Waals surface area contributed by atoms with Crippen molar-refractivity contribution < 1.29 is 14.4 Å². The molecule has 0 bridgehead atoms. The maximum Gasteiger partial charge on any atom is 0.384 e. The van der Waals surface area contributed by atoms with Crippen molar-refractivity contribution in [3.8, 4) is 0 Å². The Labute approximate surface area is 73.9 Å². The summed E-state index contributed by atoms with van der Waals surface area (Å²) < 4.78 is 10.4. The van der Waals surface area contributed by atoms with Gasteiger partial charge >= 0.3 is 6.80 Å². The van der Waals surface area contributed by atoms with Crippen molar-refractivity contribution in [1.29, 1.82) is 0 Å². The van der Waals surface area contributed by atoms with Crippen molar-refractivity contribution in [3.05, 3.63) is 30.1 Å². The molecular weight excluding hydrogens is 197 g/mol. The summed E-state index contributed by atoms with van der Waals surface area (Å²) >= 11 is 0.591. The number of hydrogen-bond acceptors (Lipinski definition) is 3. The number of hydrogen-bond donors (Lipinski definition) is 2. The van der Waals surface area contributed by atoms with Crippen LogP contribution in [0.4, 0.5) is 0 Å². The third-order valence-corrected chi connectivity index (χ3v) is 3.26. The lowest BCUT2D eigenvalue weighted by Crippen LogP contribution is -1.83. The molecule has 0 unspecified atom stereocenters. The highest BCUT2D eigenvalue weighted by atomic mass is 32.7. The normalized spacial score (nSPS) is 11.5. The highest BCUT2D eigenvalue weighted by Gasteiger charge is 2.13. The SMILES string of the molecule is O=P(O)(O)SCc1ccccn1. The van der Waals surface area contributed by atoms with E-state index in [0.717, 1.165) is 0 Å². The van der Waals surface area contributed by atoms with Crippen molar-refractivity contribution in [1.82, 2.24) is 4.98 Å². The van der Waals surface area contributed by atoms with Gasteiger partial charge in [0.2, 0.25) is 0 Å². The molecule has 1 rings (SSSR count). The largest absolute Gasteiger partial charge is 0.384 e. The number of rotatable bonds is 3. The van der Waals surface area contributed by atoms with Crippen LogP contribution < -0.4 is 0 Å². The second-order valence-electron chi connectivity index (χ2n) is 2.09. The van der Waals surface area contributed by atoms with Crippen LogP contribution in [-0.2, 0) is 10.3 Å². The molecule has 0 saturated carbocycles. The molecule has 0 saturated heterocycles. The van der Waals surface area contributed by atoms with Gasteiger partial charge in [0.1, 0.15) is 0 Å². The minimum Gasteiger partial charge on any atom is -0.317 e. The van der Waals surface area contributed by atoms with Crippen molar-refractivity contribution in [2.45, 2.75) is 5.75 Å². The summed E-state index contributed by atoms with van der Waals surface area (Å²) in [7, 11) is 0. The van der Waals surface area contributed by atoms with E-state index in [0.29, 0.717) is 17.1 Å². The van der Waals surface area contributed by atoms with E-state index in [1.807, 2.05) is 0 Å². The van der Waals surface area contributed by atoms with Crippen LogP contribution in [0.15, 0.2) is 24.4 Å². The summed E-state index contributed by atoms with van der Waals surface area (Å²) in [6.07, 6.45) is 1.59. The topological polar surface area (TPSA) is 70.4 Å². The third-order valence-electron chi connectivity index (χ3n) is 1.11. The minimum atomic E-state index is -3.95. The Kier molecular flexibility index (Phi) is 3.29. The lowest BCUT2D eigenvalue weighted by Gasteiger charge is -2.01. The van der Waals surface area contributed by atoms with E-state index in [1.165, 1.54) is 0 Å². The van der Waals surface area contributed by atoms with E-state index < -0.39 is 6.80 Å². The van der Waals surface area contributed by atoms with Gasteiger partial charge in [-0.25, -0.2) is 4.57 Å². The van der Waals surface area contributed by atoms with Crippen LogP contribution in [-0.4, -0.2) is 14.8 Å². The predicted molar refractivity (Wildman–Crippen MR) is 47.6 cm³/mol. The van der Waals surface area contributed by atoms with Crippen LogP contribution in [0.2, 0.25) is 0 Å². The third kappa shape index (κ3) is 3.88. The molecule has 0 aliphatic heterocycles. The smallest absolute Gasteiger partial charge is 0.317 e. The Balaban J connectivity index is 2.50. The van der Waals surface area contributed by atoms with Gasteiger partial charge in [0.05, 0.1) is 5.69 Å². The van der Waals surface area contributed by atoms with Crippen molar-refractivity contribution in [2.24, 2.45) is 0 Å². The highest BCUT2D eigenvalue weighted by molar-refractivity contribution is 8.54. The van der Waals surface area contributed by atoms with Gasteiger partial charge in [-0.1, -0.05) is 6.07 Å². The lowest BCUT2D eigenvalue weighted by molar-refractivity contribution is 0.397. The molecule has 0 radical (unpaired) electrons. The molecule has 0 atom stereocenters. The second kappa shape index (κ2) is 4.05. The average molecular weight is 205 g/mol. The molecule has 0 aliphatic rings. The van der Waals surface area contributed by atoms with E-state index in [2.05, 4.69) is 4.98 Å². The zero-order valence-corrected chi connectivity index (χ0v) is 7.83. The standard InChI is InChI=1S/C6H8NO3PS/c8-11(9,10)12-5-6-3-1-2-4-7-6/h1-4H,5H2,(H2,8,9,10). The monoisotopic (exact) mass is 205 g/mol. The summed E-state index contributed by atoms with van der Waals surface area (Å²) in [5.41, 5.74) is 0.672. The Hall–Kier alpha value is -0.350. The Morgan fingerprint density at radius 1 is 1.50 bits per heavy atom.